The van der Waals surface area contributed by atoms with Gasteiger partial charge in [-0.1, -0.05) is 54.1 Å². The minimum atomic E-state index is -0.176. The second kappa shape index (κ2) is 9.88. The van der Waals surface area contributed by atoms with E-state index in [4.69, 9.17) is 22.1 Å². The number of aliphatic hydroxyl groups is 1. The molecular formula is C31H31ClN2O2. The molecule has 4 aromatic rings. The number of nitrogens with zero attached hydrogens (tertiary/aromatic N) is 1. The van der Waals surface area contributed by atoms with Crippen molar-refractivity contribution >= 4 is 23.0 Å². The topological polar surface area (TPSA) is 58.7 Å². The zero-order valence-corrected chi connectivity index (χ0v) is 21.6. The summed E-state index contributed by atoms with van der Waals surface area (Å²) in [5.74, 6) is 1.40. The predicted molar refractivity (Wildman–Crippen MR) is 149 cm³/mol. The van der Waals surface area contributed by atoms with Crippen LogP contribution in [-0.4, -0.2) is 18.2 Å². The van der Waals surface area contributed by atoms with Gasteiger partial charge in [-0.25, -0.2) is 0 Å². The number of fused-ring (bicyclic) bond motifs is 2. The number of aliphatic hydroxyl groups excluding tert-OH is 1. The third kappa shape index (κ3) is 4.11. The van der Waals surface area contributed by atoms with Crippen LogP contribution in [0.15, 0.2) is 72.8 Å². The molecule has 3 N–H and O–H groups in total. The normalized spacial score (nSPS) is 14.1. The highest BCUT2D eigenvalue weighted by molar-refractivity contribution is 6.30. The first-order valence-corrected chi connectivity index (χ1v) is 12.8. The Hall–Kier alpha value is -3.47. The SMILES string of the molecule is CCN(CC)c1ccc2c(c1)Oc1cc(C)c(-c3ccc(Cl)cc3)c(N)c1C2c1ccccc1CO. The maximum Gasteiger partial charge on any atom is 0.133 e. The minimum Gasteiger partial charge on any atom is -0.457 e. The molecule has 4 aromatic carbocycles. The first-order valence-electron chi connectivity index (χ1n) is 12.4. The standard InChI is InChI=1S/C31H31ClN2O2/c1-4-34(5-2)23-14-15-25-26(17-23)36-27-16-19(3)28(20-10-12-22(32)13-11-20)31(33)30(27)29(25)24-9-7-6-8-21(24)18-35/h6-17,29,35H,4-5,18,33H2,1-3H3. The van der Waals surface area contributed by atoms with Crippen molar-refractivity contribution < 1.29 is 9.84 Å². The summed E-state index contributed by atoms with van der Waals surface area (Å²) in [6.07, 6.45) is 0. The van der Waals surface area contributed by atoms with Gasteiger partial charge in [0.25, 0.3) is 0 Å². The summed E-state index contributed by atoms with van der Waals surface area (Å²) in [5, 5.41) is 10.9. The van der Waals surface area contributed by atoms with Gasteiger partial charge in [-0.15, -0.1) is 0 Å². The average Bonchev–Trinajstić information content (AvgIpc) is 2.89. The lowest BCUT2D eigenvalue weighted by molar-refractivity contribution is 0.280. The third-order valence-electron chi connectivity index (χ3n) is 7.18. The van der Waals surface area contributed by atoms with Crippen LogP contribution in [0.3, 0.4) is 0 Å². The Balaban J connectivity index is 1.77. The monoisotopic (exact) mass is 498 g/mol. The van der Waals surface area contributed by atoms with E-state index >= 15 is 0 Å². The Morgan fingerprint density at radius 2 is 1.64 bits per heavy atom. The molecule has 1 heterocycles. The van der Waals surface area contributed by atoms with Gasteiger partial charge in [-0.05, 0) is 67.3 Å². The van der Waals surface area contributed by atoms with Crippen molar-refractivity contribution in [2.45, 2.75) is 33.3 Å². The van der Waals surface area contributed by atoms with Crippen LogP contribution in [0.25, 0.3) is 11.1 Å². The van der Waals surface area contributed by atoms with Crippen molar-refractivity contribution in [3.05, 3.63) is 106 Å². The van der Waals surface area contributed by atoms with Crippen LogP contribution >= 0.6 is 11.6 Å². The summed E-state index contributed by atoms with van der Waals surface area (Å²) in [5.41, 5.74) is 15.7. The Bertz CT molecular complexity index is 1410. The van der Waals surface area contributed by atoms with Gasteiger partial charge in [-0.2, -0.15) is 0 Å². The molecule has 5 rings (SSSR count). The molecule has 5 heteroatoms. The van der Waals surface area contributed by atoms with Gasteiger partial charge in [0, 0.05) is 58.2 Å². The van der Waals surface area contributed by atoms with Crippen molar-refractivity contribution in [2.24, 2.45) is 0 Å². The van der Waals surface area contributed by atoms with E-state index in [0.717, 1.165) is 69.2 Å². The number of ether oxygens (including phenoxy) is 1. The second-order valence-electron chi connectivity index (χ2n) is 9.19. The molecule has 0 radical (unpaired) electrons. The van der Waals surface area contributed by atoms with Crippen molar-refractivity contribution in [3.8, 4) is 22.6 Å². The van der Waals surface area contributed by atoms with E-state index in [1.165, 1.54) is 0 Å². The molecule has 0 bridgehead atoms. The zero-order chi connectivity index (χ0) is 25.4. The number of nitrogens with two attached hydrogens (primary N) is 1. The van der Waals surface area contributed by atoms with Gasteiger partial charge in [0.2, 0.25) is 0 Å². The van der Waals surface area contributed by atoms with Gasteiger partial charge < -0.3 is 20.5 Å². The first-order chi connectivity index (χ1) is 17.5. The molecule has 0 amide bonds. The van der Waals surface area contributed by atoms with Crippen LogP contribution in [0.2, 0.25) is 5.02 Å². The number of halogens is 1. The highest BCUT2D eigenvalue weighted by atomic mass is 35.5. The molecule has 0 fully saturated rings. The van der Waals surface area contributed by atoms with Crippen LogP contribution in [0.5, 0.6) is 11.5 Å². The van der Waals surface area contributed by atoms with Gasteiger partial charge in [0.15, 0.2) is 0 Å². The fourth-order valence-corrected chi connectivity index (χ4v) is 5.53. The van der Waals surface area contributed by atoms with Gasteiger partial charge in [-0.3, -0.25) is 0 Å². The number of anilines is 2. The number of rotatable bonds is 6. The molecule has 184 valence electrons. The molecule has 0 aromatic heterocycles. The second-order valence-corrected chi connectivity index (χ2v) is 9.62. The lowest BCUT2D eigenvalue weighted by Crippen LogP contribution is -2.22. The third-order valence-corrected chi connectivity index (χ3v) is 7.43. The Labute approximate surface area is 217 Å². The fourth-order valence-electron chi connectivity index (χ4n) is 5.40. The quantitative estimate of drug-likeness (QED) is 0.238. The maximum atomic E-state index is 10.2. The van der Waals surface area contributed by atoms with Crippen LogP contribution < -0.4 is 15.4 Å². The molecule has 1 aliphatic rings. The summed E-state index contributed by atoms with van der Waals surface area (Å²) >= 11 is 6.16. The largest absolute Gasteiger partial charge is 0.457 e. The molecular weight excluding hydrogens is 468 g/mol. The molecule has 4 nitrogen and oxygen atoms in total. The Kier molecular flexibility index (Phi) is 6.65. The predicted octanol–water partition coefficient (Wildman–Crippen LogP) is 7.52. The molecule has 36 heavy (non-hydrogen) atoms. The molecule has 0 spiro atoms. The van der Waals surface area contributed by atoms with E-state index < -0.39 is 0 Å². The van der Waals surface area contributed by atoms with Gasteiger partial charge >= 0.3 is 0 Å². The number of hydrogen-bond donors (Lipinski definition) is 2. The lowest BCUT2D eigenvalue weighted by Gasteiger charge is -2.33. The Morgan fingerprint density at radius 1 is 0.917 bits per heavy atom. The summed E-state index contributed by atoms with van der Waals surface area (Å²) in [4.78, 5) is 2.30. The number of hydrogen-bond acceptors (Lipinski definition) is 4. The highest BCUT2D eigenvalue weighted by Gasteiger charge is 2.34. The van der Waals surface area contributed by atoms with Crippen molar-refractivity contribution in [1.82, 2.24) is 0 Å². The van der Waals surface area contributed by atoms with Gasteiger partial charge in [0.1, 0.15) is 11.5 Å². The molecule has 1 unspecified atom stereocenters. The molecule has 1 atom stereocenters. The first kappa shape index (κ1) is 24.2. The summed E-state index contributed by atoms with van der Waals surface area (Å²) < 4.78 is 6.56. The zero-order valence-electron chi connectivity index (χ0n) is 20.9. The molecule has 0 aliphatic carbocycles. The summed E-state index contributed by atoms with van der Waals surface area (Å²) in [6.45, 7) is 8.15. The fraction of sp³-hybridized carbons (Fsp3) is 0.226. The van der Waals surface area contributed by atoms with E-state index in [9.17, 15) is 5.11 Å². The van der Waals surface area contributed by atoms with Crippen LogP contribution in [0, 0.1) is 6.92 Å². The smallest absolute Gasteiger partial charge is 0.133 e. The molecule has 0 saturated carbocycles. The van der Waals surface area contributed by atoms with Gasteiger partial charge in [0.05, 0.1) is 6.61 Å². The molecule has 1 aliphatic heterocycles. The van der Waals surface area contributed by atoms with E-state index in [1.54, 1.807) is 0 Å². The van der Waals surface area contributed by atoms with Crippen LogP contribution in [-0.2, 0) is 6.61 Å². The lowest BCUT2D eigenvalue weighted by atomic mass is 9.78. The highest BCUT2D eigenvalue weighted by Crippen LogP contribution is 2.53. The van der Waals surface area contributed by atoms with E-state index in [0.29, 0.717) is 10.7 Å². The number of benzene rings is 4. The van der Waals surface area contributed by atoms with Crippen LogP contribution in [0.1, 0.15) is 47.6 Å². The van der Waals surface area contributed by atoms with Crippen molar-refractivity contribution in [1.29, 1.82) is 0 Å². The van der Waals surface area contributed by atoms with E-state index in [1.807, 2.05) is 42.5 Å². The maximum absolute atomic E-state index is 10.2. The van der Waals surface area contributed by atoms with Crippen molar-refractivity contribution in [3.63, 3.8) is 0 Å². The van der Waals surface area contributed by atoms with Crippen molar-refractivity contribution in [2.75, 3.05) is 23.7 Å². The minimum absolute atomic E-state index is 0.0501. The number of aryl methyl sites for hydroxylation is 1. The average molecular weight is 499 g/mol. The Morgan fingerprint density at radius 3 is 2.33 bits per heavy atom. The molecule has 0 saturated heterocycles. The summed E-state index contributed by atoms with van der Waals surface area (Å²) in [7, 11) is 0. The van der Waals surface area contributed by atoms with E-state index in [2.05, 4.69) is 56.0 Å². The van der Waals surface area contributed by atoms with E-state index in [-0.39, 0.29) is 12.5 Å². The summed E-state index contributed by atoms with van der Waals surface area (Å²) in [6, 6.07) is 24.3. The van der Waals surface area contributed by atoms with Crippen LogP contribution in [0.4, 0.5) is 11.4 Å². The number of nitrogen functional groups attached to an aromatic ring is 1.